The summed E-state index contributed by atoms with van der Waals surface area (Å²) in [6, 6.07) is 15.3. The van der Waals surface area contributed by atoms with Crippen molar-refractivity contribution in [3.63, 3.8) is 0 Å². The highest BCUT2D eigenvalue weighted by molar-refractivity contribution is 7.13. The maximum Gasteiger partial charge on any atom is 0.319 e. The number of carbonyl (C=O) groups excluding carboxylic acids is 1. The van der Waals surface area contributed by atoms with E-state index in [1.807, 2.05) is 60.8 Å². The first-order chi connectivity index (χ1) is 12.6. The minimum Gasteiger partial charge on any atom is -0.497 e. The van der Waals surface area contributed by atoms with Gasteiger partial charge in [0.15, 0.2) is 0 Å². The van der Waals surface area contributed by atoms with Gasteiger partial charge in [-0.1, -0.05) is 24.3 Å². The van der Waals surface area contributed by atoms with Crippen molar-refractivity contribution >= 4 is 23.1 Å². The van der Waals surface area contributed by atoms with Crippen LogP contribution in [0.15, 0.2) is 53.9 Å². The first-order valence-electron chi connectivity index (χ1n) is 8.34. The summed E-state index contributed by atoms with van der Waals surface area (Å²) < 4.78 is 5.14. The summed E-state index contributed by atoms with van der Waals surface area (Å²) in [6.07, 6.45) is 0.760. The molecule has 0 radical (unpaired) electrons. The molecule has 3 rings (SSSR count). The molecule has 134 valence electrons. The molecule has 3 aromatic rings. The third kappa shape index (κ3) is 4.83. The summed E-state index contributed by atoms with van der Waals surface area (Å²) in [5.74, 6) is 0.828. The van der Waals surface area contributed by atoms with Crippen LogP contribution in [0.1, 0.15) is 11.3 Å². The Kier molecular flexibility index (Phi) is 5.86. The number of nitrogens with zero attached hydrogens (tertiary/aromatic N) is 1. The zero-order valence-corrected chi connectivity index (χ0v) is 15.6. The highest BCUT2D eigenvalue weighted by Crippen LogP contribution is 2.25. The number of rotatable bonds is 6. The van der Waals surface area contributed by atoms with Crippen molar-refractivity contribution in [1.82, 2.24) is 10.3 Å². The lowest BCUT2D eigenvalue weighted by Crippen LogP contribution is -2.30. The third-order valence-corrected chi connectivity index (χ3v) is 4.85. The van der Waals surface area contributed by atoms with Crippen molar-refractivity contribution in [3.05, 3.63) is 65.2 Å². The summed E-state index contributed by atoms with van der Waals surface area (Å²) >= 11 is 1.60. The molecule has 2 amide bonds. The summed E-state index contributed by atoms with van der Waals surface area (Å²) in [5, 5.41) is 8.71. The number of benzene rings is 2. The number of urea groups is 1. The van der Waals surface area contributed by atoms with Crippen LogP contribution < -0.4 is 15.4 Å². The molecule has 0 aliphatic carbocycles. The Bertz CT molecular complexity index is 875. The molecule has 0 aliphatic heterocycles. The van der Waals surface area contributed by atoms with E-state index < -0.39 is 0 Å². The second-order valence-electron chi connectivity index (χ2n) is 5.85. The molecule has 6 heteroatoms. The average Bonchev–Trinajstić information content (AvgIpc) is 3.09. The van der Waals surface area contributed by atoms with Crippen LogP contribution in [0.3, 0.4) is 0 Å². The number of methoxy groups -OCH3 is 1. The van der Waals surface area contributed by atoms with Gasteiger partial charge < -0.3 is 15.4 Å². The van der Waals surface area contributed by atoms with E-state index in [1.165, 1.54) is 0 Å². The largest absolute Gasteiger partial charge is 0.497 e. The van der Waals surface area contributed by atoms with Gasteiger partial charge in [0.05, 0.1) is 7.11 Å². The Hall–Kier alpha value is -2.86. The fraction of sp³-hybridized carbons (Fsp3) is 0.200. The van der Waals surface area contributed by atoms with Crippen molar-refractivity contribution in [2.24, 2.45) is 0 Å². The molecule has 2 aromatic carbocycles. The molecule has 0 saturated heterocycles. The molecule has 1 aromatic heterocycles. The number of aromatic nitrogens is 1. The summed E-state index contributed by atoms with van der Waals surface area (Å²) in [5.41, 5.74) is 3.89. The number of hydrogen-bond donors (Lipinski definition) is 2. The average molecular weight is 367 g/mol. The quantitative estimate of drug-likeness (QED) is 0.675. The molecule has 0 atom stereocenters. The fourth-order valence-corrected chi connectivity index (χ4v) is 3.30. The summed E-state index contributed by atoms with van der Waals surface area (Å²) in [4.78, 5) is 16.6. The lowest BCUT2D eigenvalue weighted by molar-refractivity contribution is 0.252. The van der Waals surface area contributed by atoms with Gasteiger partial charge >= 0.3 is 6.03 Å². The van der Waals surface area contributed by atoms with Gasteiger partial charge in [0.1, 0.15) is 10.8 Å². The van der Waals surface area contributed by atoms with Gasteiger partial charge in [-0.3, -0.25) is 0 Å². The molecule has 0 spiro atoms. The third-order valence-electron chi connectivity index (χ3n) is 3.84. The monoisotopic (exact) mass is 367 g/mol. The number of ether oxygens (including phenoxy) is 1. The van der Waals surface area contributed by atoms with Crippen LogP contribution in [0.25, 0.3) is 10.6 Å². The molecule has 2 N–H and O–H groups in total. The van der Waals surface area contributed by atoms with Crippen LogP contribution in [-0.4, -0.2) is 24.7 Å². The van der Waals surface area contributed by atoms with E-state index in [9.17, 15) is 4.79 Å². The van der Waals surface area contributed by atoms with Gasteiger partial charge in [-0.15, -0.1) is 11.3 Å². The van der Waals surface area contributed by atoms with E-state index in [0.717, 1.165) is 39.7 Å². The van der Waals surface area contributed by atoms with Gasteiger partial charge in [-0.05, 0) is 43.2 Å². The van der Waals surface area contributed by atoms with Crippen LogP contribution in [-0.2, 0) is 6.42 Å². The van der Waals surface area contributed by atoms with Crippen molar-refractivity contribution in [2.45, 2.75) is 13.3 Å². The topological polar surface area (TPSA) is 63.2 Å². The van der Waals surface area contributed by atoms with Gasteiger partial charge in [0, 0.05) is 28.9 Å². The van der Waals surface area contributed by atoms with Crippen molar-refractivity contribution in [1.29, 1.82) is 0 Å². The Labute approximate surface area is 157 Å². The van der Waals surface area contributed by atoms with E-state index >= 15 is 0 Å². The molecule has 0 bridgehead atoms. The van der Waals surface area contributed by atoms with E-state index in [0.29, 0.717) is 6.54 Å². The van der Waals surface area contributed by atoms with Crippen LogP contribution in [0.4, 0.5) is 10.5 Å². The van der Waals surface area contributed by atoms with Gasteiger partial charge in [0.2, 0.25) is 0 Å². The summed E-state index contributed by atoms with van der Waals surface area (Å²) in [6.45, 7) is 2.53. The zero-order chi connectivity index (χ0) is 18.4. The molecular formula is C20H21N3O2S. The number of anilines is 1. The Morgan fingerprint density at radius 2 is 2.00 bits per heavy atom. The van der Waals surface area contributed by atoms with Crippen molar-refractivity contribution < 1.29 is 9.53 Å². The lowest BCUT2D eigenvalue weighted by Gasteiger charge is -2.09. The maximum atomic E-state index is 12.1. The first kappa shape index (κ1) is 17.9. The fourth-order valence-electron chi connectivity index (χ4n) is 2.50. The van der Waals surface area contributed by atoms with Crippen LogP contribution >= 0.6 is 11.3 Å². The van der Waals surface area contributed by atoms with Gasteiger partial charge in [-0.2, -0.15) is 0 Å². The second kappa shape index (κ2) is 8.49. The highest BCUT2D eigenvalue weighted by atomic mass is 32.1. The number of hydrogen-bond acceptors (Lipinski definition) is 4. The van der Waals surface area contributed by atoms with E-state index in [2.05, 4.69) is 15.6 Å². The molecule has 0 unspecified atom stereocenters. The number of aryl methyl sites for hydroxylation is 1. The maximum absolute atomic E-state index is 12.1. The molecule has 1 heterocycles. The van der Waals surface area contributed by atoms with Crippen LogP contribution in [0.5, 0.6) is 5.75 Å². The standard InChI is InChI=1S/C20H21N3O2S/c1-14-13-26-19(22-14)16-4-3-5-17(12-16)23-20(24)21-11-10-15-6-8-18(25-2)9-7-15/h3-9,12-13H,10-11H2,1-2H3,(H2,21,23,24). The molecule has 0 aliphatic rings. The molecule has 0 saturated carbocycles. The second-order valence-corrected chi connectivity index (χ2v) is 6.71. The van der Waals surface area contributed by atoms with Crippen molar-refractivity contribution in [3.8, 4) is 16.3 Å². The highest BCUT2D eigenvalue weighted by Gasteiger charge is 2.06. The van der Waals surface area contributed by atoms with Crippen molar-refractivity contribution in [2.75, 3.05) is 19.0 Å². The Morgan fingerprint density at radius 1 is 1.19 bits per heavy atom. The molecule has 26 heavy (non-hydrogen) atoms. The Balaban J connectivity index is 1.51. The minimum absolute atomic E-state index is 0.217. The molecule has 0 fully saturated rings. The normalized spacial score (nSPS) is 10.4. The van der Waals surface area contributed by atoms with E-state index in [1.54, 1.807) is 18.4 Å². The van der Waals surface area contributed by atoms with E-state index in [-0.39, 0.29) is 6.03 Å². The van der Waals surface area contributed by atoms with Crippen LogP contribution in [0, 0.1) is 6.92 Å². The lowest BCUT2D eigenvalue weighted by atomic mass is 10.1. The Morgan fingerprint density at radius 3 is 2.69 bits per heavy atom. The predicted molar refractivity (Wildman–Crippen MR) is 106 cm³/mol. The minimum atomic E-state index is -0.217. The number of carbonyl (C=O) groups is 1. The van der Waals surface area contributed by atoms with Gasteiger partial charge in [-0.25, -0.2) is 9.78 Å². The van der Waals surface area contributed by atoms with Crippen LogP contribution in [0.2, 0.25) is 0 Å². The van der Waals surface area contributed by atoms with E-state index in [4.69, 9.17) is 4.74 Å². The molecular weight excluding hydrogens is 346 g/mol. The summed E-state index contributed by atoms with van der Waals surface area (Å²) in [7, 11) is 1.64. The predicted octanol–water partition coefficient (Wildman–Crippen LogP) is 4.49. The zero-order valence-electron chi connectivity index (χ0n) is 14.8. The first-order valence-corrected chi connectivity index (χ1v) is 9.22. The molecule has 5 nitrogen and oxygen atoms in total. The number of nitrogens with one attached hydrogen (secondary N) is 2. The number of amides is 2. The number of thiazole rings is 1. The smallest absolute Gasteiger partial charge is 0.319 e. The SMILES string of the molecule is COc1ccc(CCNC(=O)Nc2cccc(-c3nc(C)cs3)c2)cc1. The van der Waals surface area contributed by atoms with Gasteiger partial charge in [0.25, 0.3) is 0 Å².